The Labute approximate surface area is 692 Å². The molecule has 4 rings (SSSR count). The molecule has 1 fully saturated rings. The van der Waals surface area contributed by atoms with Gasteiger partial charge in [-0.25, -0.2) is 24.2 Å². The minimum absolute atomic E-state index is 0.0158. The minimum atomic E-state index is -1.74. The lowest BCUT2D eigenvalue weighted by Crippen LogP contribution is -2.50. The predicted octanol–water partition coefficient (Wildman–Crippen LogP) is 6.42. The number of Topliss-reactive ketones (excluding diaryl/α,β-unsaturated/α-hetero) is 2. The van der Waals surface area contributed by atoms with Gasteiger partial charge in [-0.2, -0.15) is 0 Å². The van der Waals surface area contributed by atoms with Crippen LogP contribution in [0.15, 0.2) is 53.9 Å². The number of likely N-dealkylation sites (tertiary alicyclic amines) is 1. The second-order valence-electron chi connectivity index (χ2n) is 29.6. The molecule has 3 aromatic rings. The Bertz CT molecular complexity index is 3810. The lowest BCUT2D eigenvalue weighted by atomic mass is 9.82. The van der Waals surface area contributed by atoms with Crippen LogP contribution in [0.2, 0.25) is 0 Å². The molecule has 2 unspecified atom stereocenters. The fourth-order valence-electron chi connectivity index (χ4n) is 12.9. The highest BCUT2D eigenvalue weighted by Gasteiger charge is 2.40. The summed E-state index contributed by atoms with van der Waals surface area (Å²) >= 11 is 1.26. The summed E-state index contributed by atoms with van der Waals surface area (Å²) < 4.78 is 11.0. The number of hydrogen-bond donors (Lipinski definition) is 14. The standard InChI is InChI=1S/C79H115N11O24S3/c1-9-16-69(101)114-45-90(75(106)56(47(5)10-2)39-64(93)61-18-12-14-30-89(61)8)62(46(3)4)34-49(7)74-87-59(43-115-74)73(105)84-54(35-50-24-26-55(91)27-25-50)33-48(6)71(103)82-42-70(102)113-31-32-116-117-44-60(77(109)110)86-72(104)53(38-67(97)98)37-63(92)58(40-68(99)100)85-65(94)36-51-20-22-52(23-21-51)41-83-78(111)80-28-13-11-17-57(76(107)108)88-79(112)81-29-15-19-66(95)96/h20-27,43,46-49,53-54,56-58,60-62,91H,9-19,28-42,44-45H2,1-8H3,(H,82,103)(H,84,105)(H,85,94)(H,86,104)(H,95,96)(H,97,98)(H,99,100)(H,107,108)(H,109,110)(H2,80,83,111)(H2,81,88,112)/t47?,48-,49+,53-,54+,56-,57-,58-,60-,61+,62?/m0/s1. The number of carbonyl (C=O) groups is 16. The van der Waals surface area contributed by atoms with Crippen molar-refractivity contribution in [1.82, 2.24) is 57.3 Å². The van der Waals surface area contributed by atoms with E-state index in [1.807, 2.05) is 48.6 Å². The van der Waals surface area contributed by atoms with Gasteiger partial charge in [0, 0.05) is 92.0 Å². The average molecular weight is 1700 g/mol. The molecule has 1 saturated heterocycles. The molecule has 9 amide bonds. The number of carboxylic acids is 5. The summed E-state index contributed by atoms with van der Waals surface area (Å²) in [6, 6.07) is 5.21. The monoisotopic (exact) mass is 1700 g/mol. The van der Waals surface area contributed by atoms with E-state index < -0.39 is 157 Å². The second-order valence-corrected chi connectivity index (χ2v) is 33.1. The summed E-state index contributed by atoms with van der Waals surface area (Å²) in [6.07, 6.45) is 2.25. The summed E-state index contributed by atoms with van der Waals surface area (Å²) in [5.74, 6) is -16.5. The molecule has 0 bridgehead atoms. The number of ketones is 2. The number of aliphatic carboxylic acids is 5. The van der Waals surface area contributed by atoms with Gasteiger partial charge in [-0.05, 0) is 118 Å². The third-order valence-corrected chi connectivity index (χ3v) is 23.2. The van der Waals surface area contributed by atoms with Crippen molar-refractivity contribution in [1.29, 1.82) is 0 Å². The van der Waals surface area contributed by atoms with Crippen LogP contribution in [0, 0.1) is 29.6 Å². The first-order valence-corrected chi connectivity index (χ1v) is 42.6. The van der Waals surface area contributed by atoms with Crippen LogP contribution in [0.5, 0.6) is 5.75 Å². The van der Waals surface area contributed by atoms with Crippen molar-refractivity contribution in [3.63, 3.8) is 0 Å². The minimum Gasteiger partial charge on any atom is -0.508 e. The topological polar surface area (TPSA) is 529 Å². The molecule has 0 spiro atoms. The van der Waals surface area contributed by atoms with Crippen molar-refractivity contribution in [2.75, 3.05) is 58.1 Å². The molecular formula is C79H115N11O24S3. The first-order valence-electron chi connectivity index (χ1n) is 39.3. The number of benzene rings is 2. The number of likely N-dealkylation sites (N-methyl/N-ethyl adjacent to an activating group) is 1. The normalized spacial score (nSPS) is 15.3. The number of carbonyl (C=O) groups excluding carboxylic acids is 11. The number of phenolic OH excluding ortho intramolecular Hbond substituents is 1. The molecule has 1 aromatic heterocycles. The zero-order valence-corrected chi connectivity index (χ0v) is 70.0. The fraction of sp³-hybridized carbons (Fsp3) is 0.608. The largest absolute Gasteiger partial charge is 0.508 e. The number of rotatable bonds is 56. The summed E-state index contributed by atoms with van der Waals surface area (Å²) in [4.78, 5) is 214. The molecule has 1 aliphatic rings. The summed E-state index contributed by atoms with van der Waals surface area (Å²) in [5, 5.41) is 79.9. The van der Waals surface area contributed by atoms with E-state index >= 15 is 0 Å². The van der Waals surface area contributed by atoms with Gasteiger partial charge >= 0.3 is 53.8 Å². The molecule has 648 valence electrons. The van der Waals surface area contributed by atoms with Gasteiger partial charge in [0.15, 0.2) is 18.3 Å². The average Bonchev–Trinajstić information content (AvgIpc) is 1.77. The number of aromatic hydroxyl groups is 1. The van der Waals surface area contributed by atoms with E-state index in [4.69, 9.17) is 19.6 Å². The van der Waals surface area contributed by atoms with Gasteiger partial charge in [-0.15, -0.1) is 11.3 Å². The van der Waals surface area contributed by atoms with E-state index in [0.717, 1.165) is 53.0 Å². The quantitative estimate of drug-likeness (QED) is 0.0125. The number of esters is 2. The van der Waals surface area contributed by atoms with Crippen LogP contribution in [-0.4, -0.2) is 235 Å². The van der Waals surface area contributed by atoms with Gasteiger partial charge in [-0.1, -0.05) is 119 Å². The Balaban J connectivity index is 1.26. The van der Waals surface area contributed by atoms with Crippen LogP contribution in [0.1, 0.15) is 196 Å². The Morgan fingerprint density at radius 1 is 0.650 bits per heavy atom. The molecule has 35 nitrogen and oxygen atoms in total. The van der Waals surface area contributed by atoms with Gasteiger partial charge in [-0.3, -0.25) is 62.4 Å². The predicted molar refractivity (Wildman–Crippen MR) is 433 cm³/mol. The van der Waals surface area contributed by atoms with E-state index in [2.05, 4.69) is 47.4 Å². The number of amides is 9. The zero-order valence-electron chi connectivity index (χ0n) is 67.5. The van der Waals surface area contributed by atoms with Crippen LogP contribution in [0.4, 0.5) is 9.59 Å². The number of nitrogens with zero attached hydrogens (tertiary/aromatic N) is 3. The SMILES string of the molecule is CCCC(=O)OCN(C(=O)[C@@H](CC(=O)[C@H]1CCCCN1C)C(C)CC)C(C[C@@H](C)c1nc(C(=O)N[C@@H](Cc2ccc(O)cc2)C[C@H](C)C(=O)NCC(=O)OCCSSC[C@H](NC(=O)[C@H](CC(=O)O)CC(=O)[C@H](CC(=O)O)NC(=O)Cc2ccc(CNC(=O)NCCCC[C@H](NC(=O)NCCCC(=O)O)C(=O)O)cc2)C(=O)O)cs1)C(C)C. The van der Waals surface area contributed by atoms with E-state index in [1.54, 1.807) is 41.5 Å². The van der Waals surface area contributed by atoms with Crippen molar-refractivity contribution in [3.05, 3.63) is 81.3 Å². The van der Waals surface area contributed by atoms with E-state index in [0.29, 0.717) is 48.2 Å². The number of thiazole rings is 1. The first-order chi connectivity index (χ1) is 55.5. The maximum absolute atomic E-state index is 15.0. The number of unbranched alkanes of at least 4 members (excludes halogenated alkanes) is 1. The smallest absolute Gasteiger partial charge is 0.327 e. The molecular weight excluding hydrogens is 1580 g/mol. The maximum Gasteiger partial charge on any atom is 0.327 e. The zero-order chi connectivity index (χ0) is 86.8. The number of piperidine rings is 1. The van der Waals surface area contributed by atoms with Crippen molar-refractivity contribution in [2.24, 2.45) is 29.6 Å². The Hall–Kier alpha value is -9.95. The number of phenols is 1. The summed E-state index contributed by atoms with van der Waals surface area (Å²) in [6.45, 7) is 13.3. The number of urea groups is 2. The summed E-state index contributed by atoms with van der Waals surface area (Å²) in [5.41, 5.74) is 1.82. The first kappa shape index (κ1) is 99.4. The number of hydrogen-bond acceptors (Lipinski definition) is 24. The molecule has 2 aromatic carbocycles. The van der Waals surface area contributed by atoms with E-state index in [-0.39, 0.29) is 143 Å². The van der Waals surface area contributed by atoms with Crippen molar-refractivity contribution in [3.8, 4) is 5.75 Å². The Kier molecular flexibility index (Phi) is 44.8. The highest BCUT2D eigenvalue weighted by Crippen LogP contribution is 2.33. The van der Waals surface area contributed by atoms with E-state index in [1.165, 1.54) is 35.6 Å². The van der Waals surface area contributed by atoms with E-state index in [9.17, 15) is 102 Å². The van der Waals surface area contributed by atoms with Crippen LogP contribution in [-0.2, 0) is 91.2 Å². The summed E-state index contributed by atoms with van der Waals surface area (Å²) in [7, 11) is 3.92. The number of ether oxygens (including phenoxy) is 2. The highest BCUT2D eigenvalue weighted by molar-refractivity contribution is 8.76. The second kappa shape index (κ2) is 52.7. The molecule has 2 heterocycles. The molecule has 117 heavy (non-hydrogen) atoms. The number of aromatic nitrogens is 1. The van der Waals surface area contributed by atoms with Crippen LogP contribution < -0.4 is 42.5 Å². The fourth-order valence-corrected chi connectivity index (χ4v) is 15.7. The molecule has 1 aliphatic heterocycles. The van der Waals surface area contributed by atoms with Gasteiger partial charge in [0.2, 0.25) is 23.6 Å². The van der Waals surface area contributed by atoms with Crippen LogP contribution in [0.3, 0.4) is 0 Å². The lowest BCUT2D eigenvalue weighted by Gasteiger charge is -2.39. The maximum atomic E-state index is 15.0. The molecule has 0 aliphatic carbocycles. The Morgan fingerprint density at radius 3 is 1.94 bits per heavy atom. The molecule has 14 N–H and O–H groups in total. The molecule has 38 heteroatoms. The number of nitrogens with one attached hydrogen (secondary N) is 8. The molecule has 0 radical (unpaired) electrons. The number of carboxylic acid groups (broad SMARTS) is 5. The van der Waals surface area contributed by atoms with Gasteiger partial charge in [0.05, 0.1) is 42.3 Å². The Morgan fingerprint density at radius 2 is 1.31 bits per heavy atom. The third kappa shape index (κ3) is 37.9. The van der Waals surface area contributed by atoms with Crippen molar-refractivity contribution >= 4 is 128 Å². The third-order valence-electron chi connectivity index (χ3n) is 19.7. The molecule has 0 saturated carbocycles. The van der Waals surface area contributed by atoms with Crippen LogP contribution >= 0.6 is 32.9 Å². The molecule has 11 atom stereocenters. The highest BCUT2D eigenvalue weighted by atomic mass is 33.1. The van der Waals surface area contributed by atoms with Crippen LogP contribution in [0.25, 0.3) is 0 Å². The lowest BCUT2D eigenvalue weighted by molar-refractivity contribution is -0.160. The van der Waals surface area contributed by atoms with Crippen molar-refractivity contribution in [2.45, 2.75) is 219 Å². The van der Waals surface area contributed by atoms with Gasteiger partial charge < -0.3 is 87.5 Å². The van der Waals surface area contributed by atoms with Gasteiger partial charge in [0.1, 0.15) is 36.7 Å². The van der Waals surface area contributed by atoms with Crippen molar-refractivity contribution < 1.29 is 117 Å². The van der Waals surface area contributed by atoms with Gasteiger partial charge in [0.25, 0.3) is 5.91 Å².